The van der Waals surface area contributed by atoms with Crippen molar-refractivity contribution in [2.24, 2.45) is 11.3 Å². The van der Waals surface area contributed by atoms with Crippen molar-refractivity contribution in [3.8, 4) is 0 Å². The van der Waals surface area contributed by atoms with Crippen molar-refractivity contribution in [1.82, 2.24) is 15.1 Å². The lowest BCUT2D eigenvalue weighted by Crippen LogP contribution is -2.60. The minimum Gasteiger partial charge on any atom is -0.385 e. The SMILES string of the molecule is [B]c1c([B])c(NCCC2CC3(C2)CN(C)C3)c2c(c1[B])C(=O)N(C1CCC(=O)NC1=O)C2=O. The maximum Gasteiger partial charge on any atom is 0.264 e. The smallest absolute Gasteiger partial charge is 0.264 e. The molecule has 0 bridgehead atoms. The molecule has 1 atom stereocenters. The van der Waals surface area contributed by atoms with E-state index in [1.807, 2.05) is 0 Å². The van der Waals surface area contributed by atoms with Crippen LogP contribution in [0.3, 0.4) is 0 Å². The molecule has 1 spiro atoms. The van der Waals surface area contributed by atoms with Crippen LogP contribution in [-0.2, 0) is 9.59 Å². The topological polar surface area (TPSA) is 98.8 Å². The van der Waals surface area contributed by atoms with Crippen LogP contribution in [0.4, 0.5) is 5.69 Å². The van der Waals surface area contributed by atoms with Crippen LogP contribution in [-0.4, -0.2) is 89.7 Å². The highest BCUT2D eigenvalue weighted by atomic mass is 16.2. The van der Waals surface area contributed by atoms with E-state index in [2.05, 4.69) is 22.6 Å². The molecule has 164 valence electrons. The molecule has 1 aromatic rings. The third-order valence-corrected chi connectivity index (χ3v) is 7.51. The van der Waals surface area contributed by atoms with Crippen LogP contribution in [0.1, 0.15) is 52.8 Å². The van der Waals surface area contributed by atoms with Crippen molar-refractivity contribution < 1.29 is 19.2 Å². The predicted molar refractivity (Wildman–Crippen MR) is 125 cm³/mol. The quantitative estimate of drug-likeness (QED) is 0.392. The van der Waals surface area contributed by atoms with E-state index < -0.39 is 29.7 Å². The zero-order chi connectivity index (χ0) is 23.7. The first kappa shape index (κ1) is 22.3. The highest BCUT2D eigenvalue weighted by molar-refractivity contribution is 6.61. The summed E-state index contributed by atoms with van der Waals surface area (Å²) in [5.41, 5.74) is 0.832. The van der Waals surface area contributed by atoms with Gasteiger partial charge in [0, 0.05) is 37.3 Å². The molecular formula is C22H23B3N4O4. The van der Waals surface area contributed by atoms with Gasteiger partial charge in [-0.05, 0) is 44.1 Å². The number of anilines is 1. The van der Waals surface area contributed by atoms with Gasteiger partial charge in [0.25, 0.3) is 11.8 Å². The van der Waals surface area contributed by atoms with E-state index in [1.165, 1.54) is 12.8 Å². The third kappa shape index (κ3) is 3.43. The minimum absolute atomic E-state index is 0.0302. The van der Waals surface area contributed by atoms with Crippen LogP contribution in [0, 0.1) is 11.3 Å². The van der Waals surface area contributed by atoms with Crippen molar-refractivity contribution in [3.05, 3.63) is 11.1 Å². The van der Waals surface area contributed by atoms with Crippen molar-refractivity contribution in [3.63, 3.8) is 0 Å². The molecule has 4 amide bonds. The number of benzene rings is 1. The molecular weight excluding hydrogens is 417 g/mol. The Morgan fingerprint density at radius 1 is 1.00 bits per heavy atom. The van der Waals surface area contributed by atoms with Gasteiger partial charge in [0.05, 0.1) is 5.56 Å². The average Bonchev–Trinajstić information content (AvgIpc) is 2.96. The average molecular weight is 440 g/mol. The predicted octanol–water partition coefficient (Wildman–Crippen LogP) is -2.39. The maximum atomic E-state index is 13.3. The number of imide groups is 2. The van der Waals surface area contributed by atoms with Gasteiger partial charge in [0.2, 0.25) is 11.8 Å². The standard InChI is InChI=1S/C22H23B3N4O4/c1-28-8-22(9-28)6-10(7-22)4-5-26-18-14-13(15(23)16(24)17(18)25)20(32)29(21(14)33)11-2-3-12(30)27-19(11)31/h10-11,26H,2-9H2,1H3,(H,27,30,31). The van der Waals surface area contributed by atoms with Crippen molar-refractivity contribution in [2.45, 2.75) is 38.1 Å². The van der Waals surface area contributed by atoms with Gasteiger partial charge in [0.1, 0.15) is 29.6 Å². The van der Waals surface area contributed by atoms with Crippen LogP contribution >= 0.6 is 0 Å². The second-order valence-corrected chi connectivity index (χ2v) is 9.98. The zero-order valence-corrected chi connectivity index (χ0v) is 18.6. The van der Waals surface area contributed by atoms with E-state index in [-0.39, 0.29) is 46.0 Å². The van der Waals surface area contributed by atoms with Crippen LogP contribution in [0.15, 0.2) is 0 Å². The number of amides is 4. The minimum atomic E-state index is -1.09. The van der Waals surface area contributed by atoms with Crippen LogP contribution in [0.25, 0.3) is 0 Å². The van der Waals surface area contributed by atoms with Crippen molar-refractivity contribution in [1.29, 1.82) is 0 Å². The number of nitrogens with one attached hydrogen (secondary N) is 2. The highest BCUT2D eigenvalue weighted by Gasteiger charge is 2.50. The van der Waals surface area contributed by atoms with Gasteiger partial charge in [-0.2, -0.15) is 0 Å². The first-order valence-corrected chi connectivity index (χ1v) is 11.3. The van der Waals surface area contributed by atoms with Gasteiger partial charge >= 0.3 is 0 Å². The molecule has 6 radical (unpaired) electrons. The Kier molecular flexibility index (Phi) is 5.23. The number of hydrogen-bond donors (Lipinski definition) is 2. The summed E-state index contributed by atoms with van der Waals surface area (Å²) < 4.78 is 0. The Bertz CT molecular complexity index is 1090. The van der Waals surface area contributed by atoms with Crippen LogP contribution in [0.2, 0.25) is 0 Å². The fourth-order valence-corrected chi connectivity index (χ4v) is 6.10. The molecule has 8 nitrogen and oxygen atoms in total. The molecule has 1 aromatic carbocycles. The Hall–Kier alpha value is -2.55. The molecule has 1 unspecified atom stereocenters. The fraction of sp³-hybridized carbons (Fsp3) is 0.545. The number of fused-ring (bicyclic) bond motifs is 1. The molecule has 3 fully saturated rings. The van der Waals surface area contributed by atoms with Crippen molar-refractivity contribution in [2.75, 3.05) is 32.0 Å². The van der Waals surface area contributed by atoms with E-state index >= 15 is 0 Å². The van der Waals surface area contributed by atoms with Gasteiger partial charge in [-0.15, -0.1) is 5.46 Å². The summed E-state index contributed by atoms with van der Waals surface area (Å²) in [5.74, 6) is -1.88. The summed E-state index contributed by atoms with van der Waals surface area (Å²) in [6.07, 6.45) is 3.38. The van der Waals surface area contributed by atoms with E-state index in [4.69, 9.17) is 23.5 Å². The summed E-state index contributed by atoms with van der Waals surface area (Å²) in [6, 6.07) is -1.09. The Balaban J connectivity index is 1.36. The number of hydrogen-bond acceptors (Lipinski definition) is 6. The molecule has 4 aliphatic rings. The second kappa shape index (κ2) is 7.76. The number of likely N-dealkylation sites (tertiary alicyclic amines) is 1. The van der Waals surface area contributed by atoms with Gasteiger partial charge in [-0.25, -0.2) is 0 Å². The maximum absolute atomic E-state index is 13.3. The van der Waals surface area contributed by atoms with Crippen LogP contribution in [0.5, 0.6) is 0 Å². The lowest BCUT2D eigenvalue weighted by atomic mass is 9.57. The first-order chi connectivity index (χ1) is 15.6. The normalized spacial score (nSPS) is 24.5. The zero-order valence-electron chi connectivity index (χ0n) is 18.6. The Morgan fingerprint density at radius 2 is 1.67 bits per heavy atom. The molecule has 11 heteroatoms. The number of nitrogens with zero attached hydrogens (tertiary/aromatic N) is 2. The first-order valence-electron chi connectivity index (χ1n) is 11.3. The number of piperidine rings is 1. The van der Waals surface area contributed by atoms with E-state index in [9.17, 15) is 19.2 Å². The largest absolute Gasteiger partial charge is 0.385 e. The molecule has 3 aliphatic heterocycles. The molecule has 1 saturated carbocycles. The number of carbonyl (C=O) groups is 4. The lowest BCUT2D eigenvalue weighted by molar-refractivity contribution is -0.136. The summed E-state index contributed by atoms with van der Waals surface area (Å²) in [5, 5.41) is 5.40. The van der Waals surface area contributed by atoms with Gasteiger partial charge < -0.3 is 10.2 Å². The van der Waals surface area contributed by atoms with Crippen molar-refractivity contribution >= 4 is 69.2 Å². The summed E-state index contributed by atoms with van der Waals surface area (Å²) >= 11 is 0. The summed E-state index contributed by atoms with van der Waals surface area (Å²) in [6.45, 7) is 2.87. The summed E-state index contributed by atoms with van der Waals surface area (Å²) in [7, 11) is 20.5. The van der Waals surface area contributed by atoms with E-state index in [1.54, 1.807) is 0 Å². The Labute approximate surface area is 196 Å². The molecule has 0 aromatic heterocycles. The third-order valence-electron chi connectivity index (χ3n) is 7.51. The summed E-state index contributed by atoms with van der Waals surface area (Å²) in [4.78, 5) is 53.6. The molecule has 2 saturated heterocycles. The molecule has 1 aliphatic carbocycles. The van der Waals surface area contributed by atoms with Gasteiger partial charge in [0.15, 0.2) is 0 Å². The Morgan fingerprint density at radius 3 is 2.30 bits per heavy atom. The lowest BCUT2D eigenvalue weighted by Gasteiger charge is -2.58. The molecule has 33 heavy (non-hydrogen) atoms. The monoisotopic (exact) mass is 440 g/mol. The van der Waals surface area contributed by atoms with E-state index in [0.29, 0.717) is 17.9 Å². The van der Waals surface area contributed by atoms with Crippen LogP contribution < -0.4 is 27.0 Å². The number of carbonyl (C=O) groups excluding carboxylic acids is 4. The highest BCUT2D eigenvalue weighted by Crippen LogP contribution is 2.52. The number of rotatable bonds is 5. The molecule has 5 rings (SSSR count). The van der Waals surface area contributed by atoms with Gasteiger partial charge in [-0.3, -0.25) is 29.4 Å². The molecule has 2 N–H and O–H groups in total. The van der Waals surface area contributed by atoms with E-state index in [0.717, 1.165) is 24.4 Å². The fourth-order valence-electron chi connectivity index (χ4n) is 6.10. The molecule has 3 heterocycles. The van der Waals surface area contributed by atoms with Gasteiger partial charge in [-0.1, -0.05) is 10.9 Å². The second-order valence-electron chi connectivity index (χ2n) is 9.98.